The molecule has 2 aromatic heterocycles. The van der Waals surface area contributed by atoms with Gasteiger partial charge >= 0.3 is 37.7 Å². The fourth-order valence-electron chi connectivity index (χ4n) is 2.36. The van der Waals surface area contributed by atoms with Crippen LogP contribution in [-0.4, -0.2) is 46.2 Å². The maximum absolute atomic E-state index is 12.4. The predicted octanol–water partition coefficient (Wildman–Crippen LogP) is -2.76. The molecule has 8 nitrogen and oxygen atoms in total. The monoisotopic (exact) mass is 418 g/mol. The molecular formula is C22H20Li2N4O4. The predicted molar refractivity (Wildman–Crippen MR) is 111 cm³/mol. The summed E-state index contributed by atoms with van der Waals surface area (Å²) in [6.07, 6.45) is 8.30. The molecule has 0 radical (unpaired) electrons. The SMILES string of the molecule is CC(=O)/C(=C\[N-]CC[N-]/C=C(\C(C)=O)C(=O)c1ccncc1)C(=O)c1ccncc1.[Li+].[Li+]. The smallest absolute Gasteiger partial charge is 0.691 e. The van der Waals surface area contributed by atoms with Gasteiger partial charge in [0.2, 0.25) is 0 Å². The maximum Gasteiger partial charge on any atom is 1.00 e. The summed E-state index contributed by atoms with van der Waals surface area (Å²) in [4.78, 5) is 56.0. The van der Waals surface area contributed by atoms with Crippen LogP contribution < -0.4 is 37.7 Å². The molecule has 0 bridgehead atoms. The van der Waals surface area contributed by atoms with Gasteiger partial charge in [-0.25, -0.2) is 0 Å². The zero-order valence-electron chi connectivity index (χ0n) is 18.6. The molecule has 32 heavy (non-hydrogen) atoms. The van der Waals surface area contributed by atoms with Crippen molar-refractivity contribution < 1.29 is 56.9 Å². The third kappa shape index (κ3) is 8.78. The Morgan fingerprint density at radius 3 is 1.28 bits per heavy atom. The van der Waals surface area contributed by atoms with Crippen LogP contribution in [0.3, 0.4) is 0 Å². The Bertz CT molecular complexity index is 912. The molecule has 0 unspecified atom stereocenters. The van der Waals surface area contributed by atoms with Crippen molar-refractivity contribution in [2.75, 3.05) is 13.1 Å². The second-order valence-corrected chi connectivity index (χ2v) is 6.14. The van der Waals surface area contributed by atoms with E-state index in [1.807, 2.05) is 0 Å². The first-order valence-corrected chi connectivity index (χ1v) is 9.06. The molecule has 2 aromatic rings. The van der Waals surface area contributed by atoms with Crippen molar-refractivity contribution in [1.82, 2.24) is 9.97 Å². The first-order valence-electron chi connectivity index (χ1n) is 9.06. The average Bonchev–Trinajstić information content (AvgIpc) is 2.75. The number of hydrogen-bond acceptors (Lipinski definition) is 6. The third-order valence-corrected chi connectivity index (χ3v) is 3.93. The largest absolute Gasteiger partial charge is 1.00 e. The summed E-state index contributed by atoms with van der Waals surface area (Å²) >= 11 is 0. The Labute approximate surface area is 210 Å². The summed E-state index contributed by atoms with van der Waals surface area (Å²) in [5.74, 6) is -1.68. The normalized spacial score (nSPS) is 10.8. The van der Waals surface area contributed by atoms with E-state index in [1.54, 1.807) is 0 Å². The van der Waals surface area contributed by atoms with Gasteiger partial charge in [-0.1, -0.05) is 0 Å². The van der Waals surface area contributed by atoms with Crippen LogP contribution in [0, 0.1) is 0 Å². The fourth-order valence-corrected chi connectivity index (χ4v) is 2.36. The zero-order chi connectivity index (χ0) is 21.9. The molecule has 2 heterocycles. The quantitative estimate of drug-likeness (QED) is 0.0974. The van der Waals surface area contributed by atoms with E-state index >= 15 is 0 Å². The maximum atomic E-state index is 12.4. The molecule has 0 N–H and O–H groups in total. The van der Waals surface area contributed by atoms with Crippen LogP contribution in [-0.2, 0) is 9.59 Å². The standard InChI is InChI=1S/C22H22N4O4.2Li/c1-15(27)19(21(29)17-3-7-23-8-4-17)13-25-11-12-26-14-20(16(2)28)22(30)18-5-9-24-10-6-18;;/h3-10,13-14H,11-12H2,1-2H3,(H2,25,26,27,28,29,30);;/q;2*+1/p-2. The van der Waals surface area contributed by atoms with Gasteiger partial charge in [0.05, 0.1) is 0 Å². The van der Waals surface area contributed by atoms with Gasteiger partial charge in [-0.3, -0.25) is 29.1 Å². The van der Waals surface area contributed by atoms with Gasteiger partial charge in [0, 0.05) is 47.1 Å². The fraction of sp³-hybridized carbons (Fsp3) is 0.182. The van der Waals surface area contributed by atoms with Crippen LogP contribution in [0.15, 0.2) is 72.6 Å². The van der Waals surface area contributed by atoms with Gasteiger partial charge in [0.25, 0.3) is 0 Å². The minimum atomic E-state index is -0.438. The Morgan fingerprint density at radius 1 is 0.688 bits per heavy atom. The number of ketones is 4. The minimum Gasteiger partial charge on any atom is -0.691 e. The molecule has 0 fully saturated rings. The minimum absolute atomic E-state index is 0. The van der Waals surface area contributed by atoms with Crippen molar-refractivity contribution in [3.8, 4) is 0 Å². The van der Waals surface area contributed by atoms with Gasteiger partial charge in [0.15, 0.2) is 23.1 Å². The van der Waals surface area contributed by atoms with Crippen LogP contribution >= 0.6 is 0 Å². The molecule has 0 atom stereocenters. The molecule has 0 saturated heterocycles. The molecule has 2 rings (SSSR count). The summed E-state index contributed by atoms with van der Waals surface area (Å²) in [6.45, 7) is 2.92. The number of rotatable bonds is 11. The second kappa shape index (κ2) is 15.1. The van der Waals surface area contributed by atoms with E-state index in [4.69, 9.17) is 0 Å². The molecule has 0 spiro atoms. The first kappa shape index (κ1) is 29.3. The van der Waals surface area contributed by atoms with Crippen molar-refractivity contribution in [3.05, 3.63) is 94.4 Å². The van der Waals surface area contributed by atoms with Crippen LogP contribution in [0.1, 0.15) is 34.6 Å². The van der Waals surface area contributed by atoms with E-state index in [-0.39, 0.29) is 62.0 Å². The van der Waals surface area contributed by atoms with Crippen molar-refractivity contribution >= 4 is 23.1 Å². The van der Waals surface area contributed by atoms with Crippen molar-refractivity contribution in [3.63, 3.8) is 0 Å². The number of Topliss-reactive ketones (excluding diaryl/α,β-unsaturated/α-hetero) is 4. The number of hydrogen-bond donors (Lipinski definition) is 0. The van der Waals surface area contributed by atoms with E-state index in [0.29, 0.717) is 11.1 Å². The molecule has 0 aromatic carbocycles. The number of nitrogens with zero attached hydrogens (tertiary/aromatic N) is 4. The van der Waals surface area contributed by atoms with E-state index in [2.05, 4.69) is 20.6 Å². The summed E-state index contributed by atoms with van der Waals surface area (Å²) < 4.78 is 0. The Kier molecular flexibility index (Phi) is 13.8. The molecule has 0 aliphatic heterocycles. The summed E-state index contributed by atoms with van der Waals surface area (Å²) in [6, 6.07) is 6.06. The van der Waals surface area contributed by atoms with Gasteiger partial charge in [-0.05, 0) is 38.1 Å². The van der Waals surface area contributed by atoms with E-state index in [1.165, 1.54) is 75.3 Å². The van der Waals surface area contributed by atoms with Crippen LogP contribution in [0.5, 0.6) is 0 Å². The Hall–Kier alpha value is -2.75. The molecule has 0 aliphatic carbocycles. The average molecular weight is 418 g/mol. The van der Waals surface area contributed by atoms with Gasteiger partial charge < -0.3 is 10.6 Å². The third-order valence-electron chi connectivity index (χ3n) is 3.93. The van der Waals surface area contributed by atoms with Crippen LogP contribution in [0.2, 0.25) is 0 Å². The molecule has 0 amide bonds. The molecule has 0 saturated carbocycles. The summed E-state index contributed by atoms with van der Waals surface area (Å²) in [7, 11) is 0. The molecule has 10 heteroatoms. The van der Waals surface area contributed by atoms with E-state index < -0.39 is 23.1 Å². The second-order valence-electron chi connectivity index (χ2n) is 6.14. The van der Waals surface area contributed by atoms with Gasteiger partial charge in [0.1, 0.15) is 0 Å². The van der Waals surface area contributed by atoms with Gasteiger partial charge in [-0.2, -0.15) is 12.4 Å². The Morgan fingerprint density at radius 2 is 1.00 bits per heavy atom. The number of carbonyl (C=O) groups excluding carboxylic acids is 4. The number of allylic oxidation sites excluding steroid dienone is 2. The van der Waals surface area contributed by atoms with Crippen molar-refractivity contribution in [2.45, 2.75) is 13.8 Å². The van der Waals surface area contributed by atoms with Crippen LogP contribution in [0.25, 0.3) is 10.6 Å². The number of carbonyl (C=O) groups is 4. The first-order chi connectivity index (χ1) is 14.4. The van der Waals surface area contributed by atoms with Gasteiger partial charge in [-0.15, -0.1) is 13.1 Å². The Balaban J connectivity index is 0.00000480. The molecule has 0 aliphatic rings. The van der Waals surface area contributed by atoms with E-state index in [9.17, 15) is 19.2 Å². The molecule has 154 valence electrons. The molecular weight excluding hydrogens is 398 g/mol. The number of pyridine rings is 2. The van der Waals surface area contributed by atoms with Crippen LogP contribution in [0.4, 0.5) is 0 Å². The van der Waals surface area contributed by atoms with Crippen molar-refractivity contribution in [1.29, 1.82) is 0 Å². The van der Waals surface area contributed by atoms with E-state index in [0.717, 1.165) is 0 Å². The summed E-state index contributed by atoms with van der Waals surface area (Å²) in [5, 5.41) is 8.13. The van der Waals surface area contributed by atoms with Crippen molar-refractivity contribution in [2.24, 2.45) is 0 Å². The zero-order valence-corrected chi connectivity index (χ0v) is 18.6. The summed E-state index contributed by atoms with van der Waals surface area (Å²) in [5.41, 5.74) is 0.591. The topological polar surface area (TPSA) is 122 Å². The number of aromatic nitrogens is 2.